The van der Waals surface area contributed by atoms with Gasteiger partial charge in [0.05, 0.1) is 24.8 Å². The molecular weight excluding hydrogens is 237 g/mol. The number of hydrogen-bond acceptors (Lipinski definition) is 4. The maximum Gasteiger partial charge on any atom is 0.186 e. The highest BCUT2D eigenvalue weighted by Gasteiger charge is 2.25. The van der Waals surface area contributed by atoms with Crippen molar-refractivity contribution in [2.45, 2.75) is 19.3 Å². The molecule has 0 unspecified atom stereocenters. The second-order valence-electron chi connectivity index (χ2n) is 3.92. The molecule has 1 fully saturated rings. The van der Waals surface area contributed by atoms with E-state index in [0.29, 0.717) is 25.4 Å². The quantitative estimate of drug-likeness (QED) is 0.826. The normalized spacial score (nSPS) is 23.6. The van der Waals surface area contributed by atoms with Crippen molar-refractivity contribution in [2.75, 3.05) is 19.8 Å². The molecule has 18 heavy (non-hydrogen) atoms. The van der Waals surface area contributed by atoms with Crippen LogP contribution in [0.3, 0.4) is 0 Å². The van der Waals surface area contributed by atoms with Crippen LogP contribution in [0.25, 0.3) is 0 Å². The standard InChI is InChI=1S/C13H14FNO3/c1-2-16-10-7-17-13(18-8-10)11-4-3-9(6-15)5-12(11)14/h3-5,10,13H,2,7-8H2,1H3. The summed E-state index contributed by atoms with van der Waals surface area (Å²) in [7, 11) is 0. The van der Waals surface area contributed by atoms with E-state index >= 15 is 0 Å². The van der Waals surface area contributed by atoms with Gasteiger partial charge in [0, 0.05) is 12.2 Å². The van der Waals surface area contributed by atoms with E-state index in [0.717, 1.165) is 0 Å². The van der Waals surface area contributed by atoms with Crippen molar-refractivity contribution in [3.05, 3.63) is 35.1 Å². The molecule has 1 aromatic carbocycles. The van der Waals surface area contributed by atoms with E-state index < -0.39 is 12.1 Å². The fourth-order valence-corrected chi connectivity index (χ4v) is 1.78. The summed E-state index contributed by atoms with van der Waals surface area (Å²) in [6, 6.07) is 6.11. The molecule has 96 valence electrons. The second-order valence-corrected chi connectivity index (χ2v) is 3.92. The number of halogens is 1. The van der Waals surface area contributed by atoms with Gasteiger partial charge < -0.3 is 14.2 Å². The zero-order valence-corrected chi connectivity index (χ0v) is 10.1. The predicted octanol–water partition coefficient (Wildman–Crippen LogP) is 2.15. The van der Waals surface area contributed by atoms with Crippen LogP contribution in [0.2, 0.25) is 0 Å². The van der Waals surface area contributed by atoms with Gasteiger partial charge in [-0.05, 0) is 25.1 Å². The van der Waals surface area contributed by atoms with Crippen LogP contribution in [-0.4, -0.2) is 25.9 Å². The summed E-state index contributed by atoms with van der Waals surface area (Å²) >= 11 is 0. The lowest BCUT2D eigenvalue weighted by molar-refractivity contribution is -0.230. The molecule has 0 amide bonds. The Morgan fingerprint density at radius 2 is 2.17 bits per heavy atom. The van der Waals surface area contributed by atoms with Crippen molar-refractivity contribution in [2.24, 2.45) is 0 Å². The summed E-state index contributed by atoms with van der Waals surface area (Å²) in [4.78, 5) is 0. The van der Waals surface area contributed by atoms with Gasteiger partial charge in [-0.15, -0.1) is 0 Å². The fraction of sp³-hybridized carbons (Fsp3) is 0.462. The van der Waals surface area contributed by atoms with Gasteiger partial charge in [0.15, 0.2) is 6.29 Å². The SMILES string of the molecule is CCOC1COC(c2ccc(C#N)cc2F)OC1. The molecule has 0 aromatic heterocycles. The molecule has 0 radical (unpaired) electrons. The summed E-state index contributed by atoms with van der Waals surface area (Å²) < 4.78 is 29.9. The smallest absolute Gasteiger partial charge is 0.186 e. The van der Waals surface area contributed by atoms with Gasteiger partial charge >= 0.3 is 0 Å². The number of ether oxygens (including phenoxy) is 3. The maximum atomic E-state index is 13.7. The molecule has 1 heterocycles. The van der Waals surface area contributed by atoms with Crippen LogP contribution < -0.4 is 0 Å². The van der Waals surface area contributed by atoms with Crippen molar-refractivity contribution in [1.82, 2.24) is 0 Å². The van der Waals surface area contributed by atoms with Crippen molar-refractivity contribution in [3.8, 4) is 6.07 Å². The molecule has 0 spiro atoms. The molecule has 1 saturated heterocycles. The van der Waals surface area contributed by atoms with E-state index in [2.05, 4.69) is 0 Å². The summed E-state index contributed by atoms with van der Waals surface area (Å²) in [5.74, 6) is -0.492. The zero-order chi connectivity index (χ0) is 13.0. The lowest BCUT2D eigenvalue weighted by atomic mass is 10.1. The third kappa shape index (κ3) is 2.85. The lowest BCUT2D eigenvalue weighted by Crippen LogP contribution is -2.33. The average molecular weight is 251 g/mol. The second kappa shape index (κ2) is 5.91. The molecule has 0 saturated carbocycles. The number of benzene rings is 1. The largest absolute Gasteiger partial charge is 0.374 e. The molecule has 4 nitrogen and oxygen atoms in total. The Hall–Kier alpha value is -1.48. The highest BCUT2D eigenvalue weighted by atomic mass is 19.1. The van der Waals surface area contributed by atoms with Crippen molar-refractivity contribution >= 4 is 0 Å². The highest BCUT2D eigenvalue weighted by molar-refractivity contribution is 5.33. The minimum Gasteiger partial charge on any atom is -0.374 e. The molecule has 0 atom stereocenters. The summed E-state index contributed by atoms with van der Waals surface area (Å²) in [6.45, 7) is 3.23. The Bertz CT molecular complexity index is 450. The number of hydrogen-bond donors (Lipinski definition) is 0. The third-order valence-electron chi connectivity index (χ3n) is 2.65. The number of rotatable bonds is 3. The first-order chi connectivity index (χ1) is 8.74. The van der Waals surface area contributed by atoms with Crippen LogP contribution >= 0.6 is 0 Å². The van der Waals surface area contributed by atoms with E-state index in [-0.39, 0.29) is 11.7 Å². The summed E-state index contributed by atoms with van der Waals surface area (Å²) in [5, 5.41) is 8.66. The molecular formula is C13H14FNO3. The van der Waals surface area contributed by atoms with E-state index in [1.54, 1.807) is 6.07 Å². The van der Waals surface area contributed by atoms with Gasteiger partial charge in [-0.2, -0.15) is 5.26 Å². The molecule has 5 heteroatoms. The highest BCUT2D eigenvalue weighted by Crippen LogP contribution is 2.26. The molecule has 1 aromatic rings. The summed E-state index contributed by atoms with van der Waals surface area (Å²) in [6.07, 6.45) is -0.831. The van der Waals surface area contributed by atoms with Gasteiger partial charge in [0.1, 0.15) is 11.9 Å². The lowest BCUT2D eigenvalue weighted by Gasteiger charge is -2.29. The minimum atomic E-state index is -0.727. The Labute approximate surface area is 105 Å². The number of nitrogens with zero attached hydrogens (tertiary/aromatic N) is 1. The Balaban J connectivity index is 2.04. The monoisotopic (exact) mass is 251 g/mol. The van der Waals surface area contributed by atoms with E-state index in [9.17, 15) is 4.39 Å². The molecule has 2 rings (SSSR count). The first-order valence-corrected chi connectivity index (χ1v) is 5.79. The van der Waals surface area contributed by atoms with Crippen LogP contribution in [0.15, 0.2) is 18.2 Å². The van der Waals surface area contributed by atoms with Gasteiger partial charge in [0.25, 0.3) is 0 Å². The molecule has 1 aliphatic rings. The van der Waals surface area contributed by atoms with Gasteiger partial charge in [-0.25, -0.2) is 4.39 Å². The molecule has 0 N–H and O–H groups in total. The van der Waals surface area contributed by atoms with Crippen LogP contribution in [0.4, 0.5) is 4.39 Å². The Kier molecular flexibility index (Phi) is 4.26. The fourth-order valence-electron chi connectivity index (χ4n) is 1.78. The van der Waals surface area contributed by atoms with Crippen molar-refractivity contribution in [3.63, 3.8) is 0 Å². The van der Waals surface area contributed by atoms with Crippen LogP contribution in [-0.2, 0) is 14.2 Å². The minimum absolute atomic E-state index is 0.104. The summed E-state index contributed by atoms with van der Waals surface area (Å²) in [5.41, 5.74) is 0.586. The van der Waals surface area contributed by atoms with Crippen LogP contribution in [0.5, 0.6) is 0 Å². The van der Waals surface area contributed by atoms with E-state index in [1.807, 2.05) is 13.0 Å². The van der Waals surface area contributed by atoms with Crippen LogP contribution in [0, 0.1) is 17.1 Å². The molecule has 0 bridgehead atoms. The van der Waals surface area contributed by atoms with Gasteiger partial charge in [-0.1, -0.05) is 0 Å². The predicted molar refractivity (Wildman–Crippen MR) is 61.2 cm³/mol. The molecule has 1 aliphatic heterocycles. The zero-order valence-electron chi connectivity index (χ0n) is 10.1. The van der Waals surface area contributed by atoms with Gasteiger partial charge in [0.2, 0.25) is 0 Å². The molecule has 0 aliphatic carbocycles. The average Bonchev–Trinajstić information content (AvgIpc) is 2.40. The Morgan fingerprint density at radius 3 is 2.72 bits per heavy atom. The van der Waals surface area contributed by atoms with Crippen molar-refractivity contribution < 1.29 is 18.6 Å². The third-order valence-corrected chi connectivity index (χ3v) is 2.65. The number of nitriles is 1. The van der Waals surface area contributed by atoms with Crippen LogP contribution in [0.1, 0.15) is 24.3 Å². The first kappa shape index (κ1) is 13.0. The topological polar surface area (TPSA) is 51.5 Å². The van der Waals surface area contributed by atoms with Crippen molar-refractivity contribution in [1.29, 1.82) is 5.26 Å². The Morgan fingerprint density at radius 1 is 1.44 bits per heavy atom. The van der Waals surface area contributed by atoms with E-state index in [1.165, 1.54) is 12.1 Å². The van der Waals surface area contributed by atoms with Gasteiger partial charge in [-0.3, -0.25) is 0 Å². The maximum absolute atomic E-state index is 13.7. The first-order valence-electron chi connectivity index (χ1n) is 5.79. The van der Waals surface area contributed by atoms with E-state index in [4.69, 9.17) is 19.5 Å².